The molecule has 0 heterocycles. The third-order valence-electron chi connectivity index (χ3n) is 6.28. The quantitative estimate of drug-likeness (QED) is 0.0328. The van der Waals surface area contributed by atoms with E-state index in [1.54, 1.807) is 12.2 Å². The van der Waals surface area contributed by atoms with Gasteiger partial charge in [-0.2, -0.15) is 0 Å². The summed E-state index contributed by atoms with van der Waals surface area (Å²) < 4.78 is 9.00. The van der Waals surface area contributed by atoms with Gasteiger partial charge in [0.15, 0.2) is 0 Å². The van der Waals surface area contributed by atoms with Crippen molar-refractivity contribution in [1.29, 1.82) is 0 Å². The Morgan fingerprint density at radius 2 is 0.870 bits per heavy atom. The third-order valence-corrected chi connectivity index (χ3v) is 6.28. The summed E-state index contributed by atoms with van der Waals surface area (Å²) in [6.45, 7) is 4.33. The second-order valence-electron chi connectivity index (χ2n) is 10.4. The number of carbonyl (C=O) groups is 6. The molecule has 0 aliphatic heterocycles. The summed E-state index contributed by atoms with van der Waals surface area (Å²) in [6.07, 6.45) is 20.3. The number of hydrogen-bond acceptors (Lipinski definition) is 12. The SMILES string of the molecule is CCCCCCCCC=CC(=O)OC(=O)[C@@H](N)CCC(=O)[O-].CCCCCCCCC=CC(=O)OC(=O)[C@@H](N)CCC(=O)[O-].[K+].[K+]. The second-order valence-corrected chi connectivity index (χ2v) is 10.4. The zero-order chi connectivity index (χ0) is 33.6. The average molecular weight is 703 g/mol. The number of nitrogens with two attached hydrogens (primary N) is 2. The fourth-order valence-corrected chi connectivity index (χ4v) is 3.64. The molecule has 252 valence electrons. The number of carboxylic acid groups (broad SMARTS) is 2. The predicted molar refractivity (Wildman–Crippen MR) is 161 cm³/mol. The minimum absolute atomic E-state index is 0. The first-order valence-electron chi connectivity index (χ1n) is 15.7. The molecular weight excluding hydrogens is 651 g/mol. The van der Waals surface area contributed by atoms with Crippen molar-refractivity contribution in [2.45, 2.75) is 142 Å². The fraction of sp³-hybridized carbons (Fsp3) is 0.688. The average Bonchev–Trinajstić information content (AvgIpc) is 2.97. The molecule has 0 aromatic carbocycles. The molecule has 0 saturated carbocycles. The standard InChI is InChI=1S/2C16H27NO5.2K/c2*1-2-3-4-5-6-7-8-9-10-15(20)22-16(21)13(17)11-12-14(18)19;;/h2*9-10,13H,2-8,11-12,17H2,1H3,(H,18,19);;/q;;2*+1/p-2/t2*13-;;/m00../s1. The molecule has 2 atom stereocenters. The van der Waals surface area contributed by atoms with Crippen molar-refractivity contribution < 1.29 is 151 Å². The molecular formula is C32H52K2N2O10. The smallest absolute Gasteiger partial charge is 0.550 e. The molecule has 0 rings (SSSR count). The Kier molecular flexibility index (Phi) is 43.2. The van der Waals surface area contributed by atoms with Gasteiger partial charge in [-0.05, 0) is 51.4 Å². The summed E-state index contributed by atoms with van der Waals surface area (Å²) in [6, 6.07) is -2.26. The Bertz CT molecular complexity index is 841. The van der Waals surface area contributed by atoms with Crippen LogP contribution in [-0.4, -0.2) is 47.9 Å². The van der Waals surface area contributed by atoms with Gasteiger partial charge in [-0.1, -0.05) is 90.2 Å². The molecule has 0 spiro atoms. The summed E-state index contributed by atoms with van der Waals surface area (Å²) >= 11 is 0. The van der Waals surface area contributed by atoms with Crippen molar-refractivity contribution in [3.05, 3.63) is 24.3 Å². The maximum Gasteiger partial charge on any atom is 1.00 e. The predicted octanol–water partition coefficient (Wildman–Crippen LogP) is -3.55. The maximum absolute atomic E-state index is 11.4. The Balaban J connectivity index is -0.000000367. The largest absolute Gasteiger partial charge is 1.00 e. The van der Waals surface area contributed by atoms with Gasteiger partial charge in [-0.3, -0.25) is 0 Å². The van der Waals surface area contributed by atoms with E-state index < -0.39 is 47.9 Å². The van der Waals surface area contributed by atoms with Crippen LogP contribution in [0, 0.1) is 0 Å². The minimum Gasteiger partial charge on any atom is -0.550 e. The molecule has 0 bridgehead atoms. The van der Waals surface area contributed by atoms with E-state index in [0.717, 1.165) is 38.5 Å². The van der Waals surface area contributed by atoms with Crippen LogP contribution in [0.2, 0.25) is 0 Å². The first-order valence-corrected chi connectivity index (χ1v) is 15.7. The van der Waals surface area contributed by atoms with Crippen LogP contribution in [0.5, 0.6) is 0 Å². The van der Waals surface area contributed by atoms with E-state index in [9.17, 15) is 39.0 Å². The van der Waals surface area contributed by atoms with Crippen molar-refractivity contribution in [3.8, 4) is 0 Å². The summed E-state index contributed by atoms with van der Waals surface area (Å²) in [7, 11) is 0. The van der Waals surface area contributed by atoms with Gasteiger partial charge >= 0.3 is 127 Å². The normalized spacial score (nSPS) is 11.7. The van der Waals surface area contributed by atoms with Gasteiger partial charge in [-0.25, -0.2) is 19.2 Å². The van der Waals surface area contributed by atoms with Crippen LogP contribution in [0.3, 0.4) is 0 Å². The third kappa shape index (κ3) is 38.3. The molecule has 0 saturated heterocycles. The van der Waals surface area contributed by atoms with Crippen molar-refractivity contribution in [1.82, 2.24) is 0 Å². The van der Waals surface area contributed by atoms with Crippen LogP contribution >= 0.6 is 0 Å². The Morgan fingerprint density at radius 1 is 0.565 bits per heavy atom. The Hall–Kier alpha value is -0.107. The molecule has 0 aromatic rings. The minimum atomic E-state index is -1.30. The second kappa shape index (κ2) is 37.7. The van der Waals surface area contributed by atoms with Crippen molar-refractivity contribution in [2.24, 2.45) is 11.5 Å². The zero-order valence-corrected chi connectivity index (χ0v) is 34.7. The van der Waals surface area contributed by atoms with Crippen molar-refractivity contribution in [3.63, 3.8) is 0 Å². The van der Waals surface area contributed by atoms with Crippen LogP contribution in [0.1, 0.15) is 129 Å². The van der Waals surface area contributed by atoms with E-state index in [1.807, 2.05) is 0 Å². The Morgan fingerprint density at radius 3 is 1.17 bits per heavy atom. The molecule has 0 radical (unpaired) electrons. The number of esters is 4. The van der Waals surface area contributed by atoms with E-state index in [2.05, 4.69) is 23.3 Å². The van der Waals surface area contributed by atoms with Crippen LogP contribution in [-0.2, 0) is 38.2 Å². The van der Waals surface area contributed by atoms with E-state index in [4.69, 9.17) is 11.5 Å². The molecule has 46 heavy (non-hydrogen) atoms. The van der Waals surface area contributed by atoms with E-state index in [1.165, 1.54) is 63.5 Å². The van der Waals surface area contributed by atoms with Gasteiger partial charge in [-0.15, -0.1) is 0 Å². The van der Waals surface area contributed by atoms with Crippen LogP contribution in [0.4, 0.5) is 0 Å². The molecule has 0 fully saturated rings. The van der Waals surface area contributed by atoms with Gasteiger partial charge in [0.25, 0.3) is 0 Å². The van der Waals surface area contributed by atoms with Crippen LogP contribution in [0.25, 0.3) is 0 Å². The number of ether oxygens (including phenoxy) is 2. The van der Waals surface area contributed by atoms with E-state index >= 15 is 0 Å². The number of carboxylic acids is 2. The van der Waals surface area contributed by atoms with Gasteiger partial charge < -0.3 is 40.7 Å². The first-order chi connectivity index (χ1) is 20.9. The fourth-order valence-electron chi connectivity index (χ4n) is 3.64. The number of hydrogen-bond donors (Lipinski definition) is 2. The van der Waals surface area contributed by atoms with Crippen molar-refractivity contribution >= 4 is 35.8 Å². The number of aliphatic carboxylic acids is 2. The van der Waals surface area contributed by atoms with Gasteiger partial charge in [0, 0.05) is 24.1 Å². The number of allylic oxidation sites excluding steroid dienone is 2. The molecule has 0 aliphatic carbocycles. The molecule has 0 amide bonds. The molecule has 0 aliphatic rings. The van der Waals surface area contributed by atoms with E-state index in [-0.39, 0.29) is 128 Å². The zero-order valence-electron chi connectivity index (χ0n) is 28.4. The molecule has 14 heteroatoms. The van der Waals surface area contributed by atoms with Gasteiger partial charge in [0.2, 0.25) is 0 Å². The van der Waals surface area contributed by atoms with Crippen LogP contribution < -0.4 is 124 Å². The molecule has 0 aromatic heterocycles. The summed E-state index contributed by atoms with van der Waals surface area (Å²) in [4.78, 5) is 66.0. The van der Waals surface area contributed by atoms with Crippen molar-refractivity contribution in [2.75, 3.05) is 0 Å². The number of unbranched alkanes of at least 4 members (excludes halogenated alkanes) is 12. The maximum atomic E-state index is 11.4. The number of carbonyl (C=O) groups excluding carboxylic acids is 6. The topological polar surface area (TPSA) is 219 Å². The van der Waals surface area contributed by atoms with Gasteiger partial charge in [0.1, 0.15) is 12.1 Å². The monoisotopic (exact) mass is 702 g/mol. The Labute approximate surface area is 359 Å². The summed E-state index contributed by atoms with van der Waals surface area (Å²) in [5, 5.41) is 20.5. The first kappa shape index (κ1) is 52.7. The summed E-state index contributed by atoms with van der Waals surface area (Å²) in [5.41, 5.74) is 10.8. The molecule has 0 unspecified atom stereocenters. The molecule has 4 N–H and O–H groups in total. The number of rotatable bonds is 24. The summed E-state index contributed by atoms with van der Waals surface area (Å²) in [5.74, 6) is -5.99. The molecule has 12 nitrogen and oxygen atoms in total. The van der Waals surface area contributed by atoms with E-state index in [0.29, 0.717) is 0 Å². The van der Waals surface area contributed by atoms with Gasteiger partial charge in [0.05, 0.1) is 0 Å². The van der Waals surface area contributed by atoms with Crippen LogP contribution in [0.15, 0.2) is 24.3 Å².